The first-order valence-corrected chi connectivity index (χ1v) is 13.0. The summed E-state index contributed by atoms with van der Waals surface area (Å²) >= 11 is 1.68. The minimum absolute atomic E-state index is 0.255. The smallest absolute Gasteiger partial charge is 0.291 e. The Kier molecular flexibility index (Phi) is 6.27. The van der Waals surface area contributed by atoms with Gasteiger partial charge in [-0.15, -0.1) is 11.3 Å². The van der Waals surface area contributed by atoms with Crippen LogP contribution in [-0.4, -0.2) is 10.9 Å². The molecule has 0 bridgehead atoms. The molecule has 2 heterocycles. The summed E-state index contributed by atoms with van der Waals surface area (Å²) in [5, 5.41) is 3.92. The highest BCUT2D eigenvalue weighted by molar-refractivity contribution is 7.21. The Morgan fingerprint density at radius 2 is 1.50 bits per heavy atom. The van der Waals surface area contributed by atoms with Gasteiger partial charge in [-0.2, -0.15) is 0 Å². The van der Waals surface area contributed by atoms with Gasteiger partial charge >= 0.3 is 0 Å². The van der Waals surface area contributed by atoms with Gasteiger partial charge in [-0.05, 0) is 129 Å². The van der Waals surface area contributed by atoms with E-state index < -0.39 is 0 Å². The third-order valence-electron chi connectivity index (χ3n) is 7.33. The van der Waals surface area contributed by atoms with Crippen molar-refractivity contribution in [3.05, 3.63) is 105 Å². The van der Waals surface area contributed by atoms with E-state index in [9.17, 15) is 4.79 Å². The molecule has 0 aliphatic heterocycles. The third-order valence-corrected chi connectivity index (χ3v) is 8.39. The molecular formula is C31H30N2O2S. The molecule has 0 atom stereocenters. The number of hydrogen-bond acceptors (Lipinski definition) is 4. The van der Waals surface area contributed by atoms with Crippen LogP contribution in [0, 0.1) is 41.5 Å². The zero-order valence-corrected chi connectivity index (χ0v) is 22.4. The predicted molar refractivity (Wildman–Crippen MR) is 149 cm³/mol. The highest BCUT2D eigenvalue weighted by atomic mass is 32.1. The summed E-state index contributed by atoms with van der Waals surface area (Å²) in [6.45, 7) is 12.9. The molecule has 0 aliphatic carbocycles. The fourth-order valence-corrected chi connectivity index (χ4v) is 5.73. The predicted octanol–water partition coefficient (Wildman–Crippen LogP) is 8.25. The van der Waals surface area contributed by atoms with E-state index in [0.717, 1.165) is 27.5 Å². The molecule has 0 saturated carbocycles. The maximum atomic E-state index is 12.9. The van der Waals surface area contributed by atoms with E-state index in [1.54, 1.807) is 17.4 Å². The summed E-state index contributed by atoms with van der Waals surface area (Å²) in [7, 11) is 0. The first-order chi connectivity index (χ1) is 17.2. The summed E-state index contributed by atoms with van der Waals surface area (Å²) in [4.78, 5) is 17.6. The number of nitrogens with zero attached hydrogens (tertiary/aromatic N) is 1. The van der Waals surface area contributed by atoms with Gasteiger partial charge in [-0.3, -0.25) is 4.79 Å². The topological polar surface area (TPSA) is 55.1 Å². The van der Waals surface area contributed by atoms with Gasteiger partial charge in [0.25, 0.3) is 5.91 Å². The lowest BCUT2D eigenvalue weighted by Gasteiger charge is -2.18. The first kappa shape index (κ1) is 24.0. The second-order valence-corrected chi connectivity index (χ2v) is 10.6. The zero-order chi connectivity index (χ0) is 25.6. The van der Waals surface area contributed by atoms with Crippen molar-refractivity contribution in [3.63, 3.8) is 0 Å². The number of fused-ring (bicyclic) bond motifs is 1. The highest BCUT2D eigenvalue weighted by Crippen LogP contribution is 2.32. The molecule has 1 N–H and O–H groups in total. The van der Waals surface area contributed by atoms with Crippen LogP contribution in [-0.2, 0) is 6.42 Å². The lowest BCUT2D eigenvalue weighted by Crippen LogP contribution is -2.10. The van der Waals surface area contributed by atoms with Gasteiger partial charge in [0.05, 0.1) is 10.2 Å². The largest absolute Gasteiger partial charge is 0.456 e. The van der Waals surface area contributed by atoms with Crippen LogP contribution in [0.5, 0.6) is 0 Å². The number of carbonyl (C=O) groups excluding carboxylic acids is 1. The van der Waals surface area contributed by atoms with Gasteiger partial charge in [0.1, 0.15) is 10.8 Å². The van der Waals surface area contributed by atoms with Crippen molar-refractivity contribution in [1.29, 1.82) is 0 Å². The Morgan fingerprint density at radius 3 is 2.19 bits per heavy atom. The first-order valence-electron chi connectivity index (χ1n) is 12.1. The van der Waals surface area contributed by atoms with E-state index in [-0.39, 0.29) is 5.91 Å². The maximum absolute atomic E-state index is 12.9. The molecule has 2 aromatic heterocycles. The molecule has 0 radical (unpaired) electrons. The van der Waals surface area contributed by atoms with Crippen LogP contribution >= 0.6 is 11.3 Å². The number of amides is 1. The molecule has 36 heavy (non-hydrogen) atoms. The van der Waals surface area contributed by atoms with Crippen LogP contribution in [0.4, 0.5) is 5.69 Å². The summed E-state index contributed by atoms with van der Waals surface area (Å²) in [5.41, 5.74) is 11.8. The van der Waals surface area contributed by atoms with Crippen molar-refractivity contribution in [2.45, 2.75) is 48.0 Å². The lowest BCUT2D eigenvalue weighted by molar-refractivity contribution is 0.0995. The molecule has 0 spiro atoms. The van der Waals surface area contributed by atoms with Crippen LogP contribution in [0.1, 0.15) is 55.3 Å². The molecule has 1 amide bonds. The quantitative estimate of drug-likeness (QED) is 0.268. The number of carbonyl (C=O) groups is 1. The van der Waals surface area contributed by atoms with E-state index in [1.807, 2.05) is 30.3 Å². The number of furan rings is 1. The SMILES string of the molecule is Cc1ccc2nc(-c3ccc(NC(=O)c4ccc(Cc5c(C)c(C)c(C)c(C)c5C)o4)cc3)sc2c1. The highest BCUT2D eigenvalue weighted by Gasteiger charge is 2.16. The lowest BCUT2D eigenvalue weighted by atomic mass is 9.88. The van der Waals surface area contributed by atoms with E-state index in [4.69, 9.17) is 9.40 Å². The van der Waals surface area contributed by atoms with Crippen molar-refractivity contribution >= 4 is 33.1 Å². The van der Waals surface area contributed by atoms with Crippen molar-refractivity contribution in [2.24, 2.45) is 0 Å². The Balaban J connectivity index is 1.30. The zero-order valence-electron chi connectivity index (χ0n) is 21.6. The molecule has 0 unspecified atom stereocenters. The average Bonchev–Trinajstić information content (AvgIpc) is 3.51. The summed E-state index contributed by atoms with van der Waals surface area (Å²) in [6, 6.07) is 17.7. The number of hydrogen-bond donors (Lipinski definition) is 1. The third kappa shape index (κ3) is 4.47. The minimum atomic E-state index is -0.255. The molecule has 5 aromatic rings. The van der Waals surface area contributed by atoms with E-state index in [2.05, 4.69) is 65.1 Å². The Morgan fingerprint density at radius 1 is 0.833 bits per heavy atom. The molecule has 182 valence electrons. The number of benzene rings is 3. The van der Waals surface area contributed by atoms with Crippen molar-refractivity contribution in [1.82, 2.24) is 4.98 Å². The van der Waals surface area contributed by atoms with Crippen molar-refractivity contribution in [3.8, 4) is 10.6 Å². The van der Waals surface area contributed by atoms with Crippen molar-refractivity contribution in [2.75, 3.05) is 5.32 Å². The van der Waals surface area contributed by atoms with Crippen LogP contribution in [0.25, 0.3) is 20.8 Å². The van der Waals surface area contributed by atoms with Gasteiger partial charge in [-0.1, -0.05) is 6.07 Å². The normalized spacial score (nSPS) is 11.3. The number of aromatic nitrogens is 1. The Bertz CT molecular complexity index is 1580. The van der Waals surface area contributed by atoms with Gasteiger partial charge < -0.3 is 9.73 Å². The van der Waals surface area contributed by atoms with Crippen LogP contribution in [0.2, 0.25) is 0 Å². The summed E-state index contributed by atoms with van der Waals surface area (Å²) < 4.78 is 7.14. The van der Waals surface area contributed by atoms with E-state index >= 15 is 0 Å². The molecule has 0 saturated heterocycles. The number of rotatable bonds is 5. The fraction of sp³-hybridized carbons (Fsp3) is 0.226. The van der Waals surface area contributed by atoms with E-state index in [1.165, 1.54) is 43.6 Å². The molecule has 0 fully saturated rings. The number of nitrogens with one attached hydrogen (secondary N) is 1. The van der Waals surface area contributed by atoms with Crippen LogP contribution in [0.15, 0.2) is 59.0 Å². The van der Waals surface area contributed by atoms with Gasteiger partial charge in [0.2, 0.25) is 0 Å². The fourth-order valence-electron chi connectivity index (χ4n) is 4.66. The van der Waals surface area contributed by atoms with Crippen LogP contribution < -0.4 is 5.32 Å². The Hall–Kier alpha value is -3.70. The Labute approximate surface area is 216 Å². The van der Waals surface area contributed by atoms with Gasteiger partial charge in [0, 0.05) is 17.7 Å². The maximum Gasteiger partial charge on any atom is 0.291 e. The molecule has 5 heteroatoms. The van der Waals surface area contributed by atoms with Gasteiger partial charge in [0.15, 0.2) is 5.76 Å². The second-order valence-electron chi connectivity index (χ2n) is 9.57. The second kappa shape index (κ2) is 9.40. The van der Waals surface area contributed by atoms with Crippen molar-refractivity contribution < 1.29 is 9.21 Å². The molecule has 3 aromatic carbocycles. The summed E-state index contributed by atoms with van der Waals surface area (Å²) in [5.74, 6) is 0.844. The number of aryl methyl sites for hydroxylation is 1. The van der Waals surface area contributed by atoms with Crippen LogP contribution in [0.3, 0.4) is 0 Å². The summed E-state index contributed by atoms with van der Waals surface area (Å²) in [6.07, 6.45) is 0.670. The number of anilines is 1. The van der Waals surface area contributed by atoms with Gasteiger partial charge in [-0.25, -0.2) is 4.98 Å². The minimum Gasteiger partial charge on any atom is -0.456 e. The molecule has 5 rings (SSSR count). The standard InChI is InChI=1S/C31H30N2O2S/c1-17-7-13-27-29(15-17)36-31(33-27)23-8-10-24(11-9-23)32-30(34)28-14-12-25(35-28)16-26-21(5)19(3)18(2)20(4)22(26)6/h7-15H,16H2,1-6H3,(H,32,34). The molecule has 4 nitrogen and oxygen atoms in total. The molecular weight excluding hydrogens is 464 g/mol. The number of thiazole rings is 1. The molecule has 0 aliphatic rings. The average molecular weight is 495 g/mol. The monoisotopic (exact) mass is 494 g/mol. The van der Waals surface area contributed by atoms with E-state index in [0.29, 0.717) is 12.2 Å².